The van der Waals surface area contributed by atoms with Crippen LogP contribution in [0.3, 0.4) is 0 Å². The zero-order valence-electron chi connectivity index (χ0n) is 15.5. The molecule has 0 aliphatic heterocycles. The highest BCUT2D eigenvalue weighted by Crippen LogP contribution is 2.30. The minimum atomic E-state index is -1.91. The molecule has 0 aromatic heterocycles. The third-order valence-corrected chi connectivity index (χ3v) is 5.56. The van der Waals surface area contributed by atoms with E-state index in [1.165, 1.54) is 12.1 Å². The second-order valence-electron chi connectivity index (χ2n) is 6.34. The average molecular weight is 421 g/mol. The molecular weight excluding hydrogens is 404 g/mol. The zero-order valence-corrected chi connectivity index (χ0v) is 17.1. The van der Waals surface area contributed by atoms with Crippen LogP contribution >= 0.6 is 22.8 Å². The molecule has 6 heteroatoms. The Balaban J connectivity index is 1.97. The summed E-state index contributed by atoms with van der Waals surface area (Å²) in [6.07, 6.45) is 0. The molecule has 0 bridgehead atoms. The molecule has 3 aromatic rings. The molecule has 2 N–H and O–H groups in total. The summed E-state index contributed by atoms with van der Waals surface area (Å²) in [6, 6.07) is 22.8. The van der Waals surface area contributed by atoms with E-state index < -0.39 is 10.8 Å². The second-order valence-corrected chi connectivity index (χ2v) is 7.75. The molecule has 0 aliphatic carbocycles. The van der Waals surface area contributed by atoms with Gasteiger partial charge in [-0.05, 0) is 37.3 Å². The van der Waals surface area contributed by atoms with Crippen molar-refractivity contribution in [3.63, 3.8) is 0 Å². The van der Waals surface area contributed by atoms with E-state index in [9.17, 15) is 9.90 Å². The van der Waals surface area contributed by atoms with E-state index in [2.05, 4.69) is 10.5 Å². The van der Waals surface area contributed by atoms with E-state index in [-0.39, 0.29) is 5.02 Å². The van der Waals surface area contributed by atoms with Gasteiger partial charge in [-0.25, -0.2) is 0 Å². The Morgan fingerprint density at radius 1 is 1.10 bits per heavy atom. The number of hydrogen-bond donors (Lipinski definition) is 2. The fourth-order valence-corrected chi connectivity index (χ4v) is 3.58. The van der Waals surface area contributed by atoms with Crippen LogP contribution in [-0.4, -0.2) is 11.0 Å². The molecule has 1 atom stereocenters. The summed E-state index contributed by atoms with van der Waals surface area (Å²) in [4.78, 5) is 11.1. The minimum Gasteiger partial charge on any atom is -0.364 e. The van der Waals surface area contributed by atoms with E-state index in [0.29, 0.717) is 16.8 Å². The highest BCUT2D eigenvalue weighted by molar-refractivity contribution is 7.90. The van der Waals surface area contributed by atoms with Crippen LogP contribution in [-0.2, 0) is 9.73 Å². The number of hydrogen-bond acceptors (Lipinski definition) is 3. The van der Waals surface area contributed by atoms with E-state index in [4.69, 9.17) is 16.9 Å². The van der Waals surface area contributed by atoms with Gasteiger partial charge in [0.15, 0.2) is 0 Å². The first-order chi connectivity index (χ1) is 13.9. The van der Waals surface area contributed by atoms with Crippen molar-refractivity contribution in [2.24, 2.45) is 0 Å². The van der Waals surface area contributed by atoms with Crippen LogP contribution in [0.25, 0.3) is 0 Å². The number of halogens is 1. The van der Waals surface area contributed by atoms with Gasteiger partial charge in [0, 0.05) is 16.8 Å². The van der Waals surface area contributed by atoms with Gasteiger partial charge in [0.1, 0.15) is 6.07 Å². The normalized spacial score (nSPS) is 12.2. The maximum absolute atomic E-state index is 13.0. The molecule has 0 aliphatic rings. The quantitative estimate of drug-likeness (QED) is 0.582. The van der Waals surface area contributed by atoms with E-state index in [1.54, 1.807) is 36.4 Å². The molecule has 0 saturated carbocycles. The second kappa shape index (κ2) is 8.91. The summed E-state index contributed by atoms with van der Waals surface area (Å²) in [5.41, 5.74) is 2.96. The van der Waals surface area contributed by atoms with Crippen molar-refractivity contribution in [2.75, 3.05) is 5.32 Å². The number of aryl methyl sites for hydroxylation is 1. The van der Waals surface area contributed by atoms with Crippen molar-refractivity contribution in [3.8, 4) is 11.3 Å². The summed E-state index contributed by atoms with van der Waals surface area (Å²) >= 11 is 6.93. The number of rotatable bonds is 3. The molecule has 3 rings (SSSR count). The Labute approximate surface area is 178 Å². The lowest BCUT2D eigenvalue weighted by molar-refractivity contribution is -0.126. The van der Waals surface area contributed by atoms with Crippen molar-refractivity contribution in [1.82, 2.24) is 0 Å². The summed E-state index contributed by atoms with van der Waals surface area (Å²) in [6.45, 7) is 1.98. The summed E-state index contributed by atoms with van der Waals surface area (Å²) in [5, 5.41) is 26.2. The van der Waals surface area contributed by atoms with Crippen LogP contribution in [0.4, 0.5) is 5.69 Å². The van der Waals surface area contributed by atoms with Gasteiger partial charge < -0.3 is 10.4 Å². The SMILES string of the molecule is Cc1ccc(C#SC(O)(C(=O)Nc2ccc(C#N)c(Cl)c2)c2ccccc2)cc1. The van der Waals surface area contributed by atoms with E-state index in [0.717, 1.165) is 22.3 Å². The Morgan fingerprint density at radius 2 is 1.79 bits per heavy atom. The third kappa shape index (κ3) is 4.83. The number of benzene rings is 3. The van der Waals surface area contributed by atoms with Gasteiger partial charge in [-0.2, -0.15) is 5.26 Å². The Hall–Kier alpha value is -3.13. The van der Waals surface area contributed by atoms with Gasteiger partial charge in [-0.3, -0.25) is 4.79 Å². The molecule has 144 valence electrons. The topological polar surface area (TPSA) is 73.1 Å². The fourth-order valence-electron chi connectivity index (χ4n) is 2.55. The molecule has 3 aromatic carbocycles. The van der Waals surface area contributed by atoms with Crippen LogP contribution in [0.2, 0.25) is 5.02 Å². The van der Waals surface area contributed by atoms with Crippen molar-refractivity contribution in [2.45, 2.75) is 11.9 Å². The van der Waals surface area contributed by atoms with Crippen molar-refractivity contribution in [3.05, 3.63) is 100 Å². The van der Waals surface area contributed by atoms with Crippen LogP contribution in [0.15, 0.2) is 72.8 Å². The summed E-state index contributed by atoms with van der Waals surface area (Å²) in [5.74, 6) is -0.644. The lowest BCUT2D eigenvalue weighted by Crippen LogP contribution is -2.35. The van der Waals surface area contributed by atoms with Gasteiger partial charge >= 0.3 is 0 Å². The van der Waals surface area contributed by atoms with Gasteiger partial charge in [0.05, 0.1) is 10.6 Å². The molecule has 4 nitrogen and oxygen atoms in total. The first-order valence-electron chi connectivity index (χ1n) is 8.72. The lowest BCUT2D eigenvalue weighted by Gasteiger charge is -2.22. The highest BCUT2D eigenvalue weighted by Gasteiger charge is 2.36. The van der Waals surface area contributed by atoms with Crippen LogP contribution in [0.1, 0.15) is 22.3 Å². The summed E-state index contributed by atoms with van der Waals surface area (Å²) < 4.78 is 0. The van der Waals surface area contributed by atoms with E-state index >= 15 is 0 Å². The number of carbonyl (C=O) groups excluding carboxylic acids is 1. The van der Waals surface area contributed by atoms with Crippen LogP contribution in [0.5, 0.6) is 0 Å². The third-order valence-electron chi connectivity index (χ3n) is 4.19. The maximum Gasteiger partial charge on any atom is 0.276 e. The van der Waals surface area contributed by atoms with Gasteiger partial charge in [0.25, 0.3) is 5.91 Å². The largest absolute Gasteiger partial charge is 0.364 e. The van der Waals surface area contributed by atoms with Crippen LogP contribution in [0, 0.1) is 23.4 Å². The molecule has 0 spiro atoms. The summed E-state index contributed by atoms with van der Waals surface area (Å²) in [7, 11) is 0. The van der Waals surface area contributed by atoms with Gasteiger partial charge in [-0.15, -0.1) is 0 Å². The Kier molecular flexibility index (Phi) is 6.33. The molecule has 0 fully saturated rings. The smallest absolute Gasteiger partial charge is 0.276 e. The average Bonchev–Trinajstić information content (AvgIpc) is 2.74. The number of carbonyl (C=O) groups is 1. The van der Waals surface area contributed by atoms with Crippen molar-refractivity contribution >= 4 is 34.4 Å². The first kappa shape index (κ1) is 20.6. The molecular formula is C23H17ClN2O2S. The predicted molar refractivity (Wildman–Crippen MR) is 117 cm³/mol. The van der Waals surface area contributed by atoms with Crippen LogP contribution < -0.4 is 5.32 Å². The highest BCUT2D eigenvalue weighted by atomic mass is 35.5. The molecule has 29 heavy (non-hydrogen) atoms. The number of nitrogens with zero attached hydrogens (tertiary/aromatic N) is 1. The van der Waals surface area contributed by atoms with E-state index in [1.807, 2.05) is 37.3 Å². The number of amides is 1. The minimum absolute atomic E-state index is 0.221. The Bertz CT molecular complexity index is 1150. The van der Waals surface area contributed by atoms with Crippen molar-refractivity contribution in [1.29, 1.82) is 5.26 Å². The molecule has 1 unspecified atom stereocenters. The molecule has 1 amide bonds. The number of nitrogens with one attached hydrogen (secondary N) is 1. The fraction of sp³-hybridized carbons (Fsp3) is 0.0870. The predicted octanol–water partition coefficient (Wildman–Crippen LogP) is 5.04. The van der Waals surface area contributed by atoms with Gasteiger partial charge in [0.2, 0.25) is 4.93 Å². The monoisotopic (exact) mass is 420 g/mol. The Morgan fingerprint density at radius 3 is 2.41 bits per heavy atom. The maximum atomic E-state index is 13.0. The number of nitriles is 1. The van der Waals surface area contributed by atoms with Crippen molar-refractivity contribution < 1.29 is 9.90 Å². The lowest BCUT2D eigenvalue weighted by atomic mass is 10.1. The first-order valence-corrected chi connectivity index (χ1v) is 9.91. The standard InChI is InChI=1S/C23H17ClN2O2S/c1-16-7-9-17(10-8-16)15-29-23(28,19-5-3-2-4-6-19)22(27)26-20-12-11-18(14-25)21(24)13-20/h2-13,28H,1H3,(H,26,27). The molecule has 0 heterocycles. The van der Waals surface area contributed by atoms with Gasteiger partial charge in [-0.1, -0.05) is 76.0 Å². The zero-order chi connectivity index (χ0) is 20.9. The number of aliphatic hydroxyl groups is 1. The molecule has 0 saturated heterocycles. The molecule has 0 radical (unpaired) electrons. The number of anilines is 1.